The normalized spacial score (nSPS) is 15.0. The lowest BCUT2D eigenvalue weighted by Crippen LogP contribution is -2.23. The molecule has 1 aliphatic rings. The Morgan fingerprint density at radius 3 is 2.88 bits per heavy atom. The second-order valence-electron chi connectivity index (χ2n) is 6.49. The van der Waals surface area contributed by atoms with Crippen LogP contribution in [-0.2, 0) is 4.79 Å². The lowest BCUT2D eigenvalue weighted by atomic mass is 10.2. The quantitative estimate of drug-likeness (QED) is 0.780. The van der Waals surface area contributed by atoms with Gasteiger partial charge in [-0.3, -0.25) is 4.79 Å². The van der Waals surface area contributed by atoms with Crippen LogP contribution in [-0.4, -0.2) is 29.4 Å². The SMILES string of the molecule is C/C=C/c1ccc(OCC(=O)Nc2ccnn2C(C)C2CC2)c(OC)c1. The molecule has 1 amide bonds. The monoisotopic (exact) mass is 355 g/mol. The third kappa shape index (κ3) is 4.25. The zero-order valence-corrected chi connectivity index (χ0v) is 15.4. The van der Waals surface area contributed by atoms with Crippen LogP contribution in [0, 0.1) is 5.92 Å². The van der Waals surface area contributed by atoms with Gasteiger partial charge in [0.05, 0.1) is 19.3 Å². The summed E-state index contributed by atoms with van der Waals surface area (Å²) in [6.07, 6.45) is 8.08. The number of anilines is 1. The van der Waals surface area contributed by atoms with E-state index < -0.39 is 0 Å². The van der Waals surface area contributed by atoms with Crippen LogP contribution in [0.2, 0.25) is 0 Å². The number of hydrogen-bond donors (Lipinski definition) is 1. The summed E-state index contributed by atoms with van der Waals surface area (Å²) < 4.78 is 12.9. The van der Waals surface area contributed by atoms with Crippen molar-refractivity contribution in [3.63, 3.8) is 0 Å². The number of amides is 1. The molecule has 0 bridgehead atoms. The molecule has 2 aromatic rings. The van der Waals surface area contributed by atoms with Crippen LogP contribution in [0.25, 0.3) is 6.08 Å². The zero-order chi connectivity index (χ0) is 18.5. The van der Waals surface area contributed by atoms with Gasteiger partial charge in [-0.15, -0.1) is 0 Å². The number of aromatic nitrogens is 2. The number of nitrogens with zero attached hydrogens (tertiary/aromatic N) is 2. The largest absolute Gasteiger partial charge is 0.493 e. The van der Waals surface area contributed by atoms with Crippen molar-refractivity contribution in [2.24, 2.45) is 5.92 Å². The van der Waals surface area contributed by atoms with Gasteiger partial charge in [-0.1, -0.05) is 18.2 Å². The number of nitrogens with one attached hydrogen (secondary N) is 1. The molecule has 1 atom stereocenters. The summed E-state index contributed by atoms with van der Waals surface area (Å²) in [6, 6.07) is 7.70. The summed E-state index contributed by atoms with van der Waals surface area (Å²) in [7, 11) is 1.58. The third-order valence-electron chi connectivity index (χ3n) is 4.53. The van der Waals surface area contributed by atoms with Crippen LogP contribution < -0.4 is 14.8 Å². The van der Waals surface area contributed by atoms with Gasteiger partial charge < -0.3 is 14.8 Å². The van der Waals surface area contributed by atoms with Crippen molar-refractivity contribution in [1.82, 2.24) is 9.78 Å². The predicted octanol–water partition coefficient (Wildman–Crippen LogP) is 3.91. The van der Waals surface area contributed by atoms with Gasteiger partial charge >= 0.3 is 0 Å². The molecule has 1 saturated carbocycles. The highest BCUT2D eigenvalue weighted by atomic mass is 16.5. The number of carbonyl (C=O) groups excluding carboxylic acids is 1. The smallest absolute Gasteiger partial charge is 0.263 e. The molecule has 1 unspecified atom stereocenters. The summed E-state index contributed by atoms with van der Waals surface area (Å²) in [5.74, 6) is 2.26. The van der Waals surface area contributed by atoms with Gasteiger partial charge in [-0.2, -0.15) is 5.10 Å². The van der Waals surface area contributed by atoms with Gasteiger partial charge in [-0.05, 0) is 50.3 Å². The van der Waals surface area contributed by atoms with Gasteiger partial charge in [-0.25, -0.2) is 4.68 Å². The van der Waals surface area contributed by atoms with Crippen molar-refractivity contribution < 1.29 is 14.3 Å². The molecule has 1 heterocycles. The maximum absolute atomic E-state index is 12.3. The second kappa shape index (κ2) is 8.08. The average molecular weight is 355 g/mol. The minimum absolute atomic E-state index is 0.0949. The highest BCUT2D eigenvalue weighted by Gasteiger charge is 2.30. The van der Waals surface area contributed by atoms with Gasteiger partial charge in [0.2, 0.25) is 0 Å². The Morgan fingerprint density at radius 1 is 1.38 bits per heavy atom. The summed E-state index contributed by atoms with van der Waals surface area (Å²) in [4.78, 5) is 12.3. The molecule has 6 heteroatoms. The number of allylic oxidation sites excluding steroid dienone is 1. The molecule has 0 spiro atoms. The zero-order valence-electron chi connectivity index (χ0n) is 15.4. The molecule has 1 aromatic carbocycles. The fraction of sp³-hybridized carbons (Fsp3) is 0.400. The fourth-order valence-corrected chi connectivity index (χ4v) is 2.94. The van der Waals surface area contributed by atoms with Crippen molar-refractivity contribution in [3.8, 4) is 11.5 Å². The first kappa shape index (κ1) is 18.0. The lowest BCUT2D eigenvalue weighted by molar-refractivity contribution is -0.118. The van der Waals surface area contributed by atoms with Crippen molar-refractivity contribution >= 4 is 17.8 Å². The Labute approximate surface area is 153 Å². The molecule has 0 saturated heterocycles. The van der Waals surface area contributed by atoms with Crippen molar-refractivity contribution in [2.45, 2.75) is 32.7 Å². The Morgan fingerprint density at radius 2 is 2.19 bits per heavy atom. The molecule has 138 valence electrons. The van der Waals surface area contributed by atoms with E-state index in [1.165, 1.54) is 12.8 Å². The van der Waals surface area contributed by atoms with Crippen molar-refractivity contribution in [3.05, 3.63) is 42.1 Å². The number of benzene rings is 1. The fourth-order valence-electron chi connectivity index (χ4n) is 2.94. The minimum Gasteiger partial charge on any atom is -0.493 e. The first-order valence-electron chi connectivity index (χ1n) is 8.89. The Balaban J connectivity index is 1.60. The van der Waals surface area contributed by atoms with E-state index in [2.05, 4.69) is 17.3 Å². The number of hydrogen-bond acceptors (Lipinski definition) is 4. The molecule has 0 aliphatic heterocycles. The molecule has 1 aromatic heterocycles. The van der Waals surface area contributed by atoms with Gasteiger partial charge in [0.1, 0.15) is 5.82 Å². The van der Waals surface area contributed by atoms with E-state index in [1.54, 1.807) is 19.4 Å². The summed E-state index contributed by atoms with van der Waals surface area (Å²) in [5.41, 5.74) is 1.01. The van der Waals surface area contributed by atoms with Crippen LogP contribution in [0.5, 0.6) is 11.5 Å². The minimum atomic E-state index is -0.227. The standard InChI is InChI=1S/C20H25N3O3/c1-4-5-15-6-9-17(18(12-15)25-3)26-13-20(24)22-19-10-11-21-23(19)14(2)16-7-8-16/h4-6,9-12,14,16H,7-8,13H2,1-3H3,(H,22,24)/b5-4+. The molecule has 1 fully saturated rings. The molecule has 3 rings (SSSR count). The molecular formula is C20H25N3O3. The third-order valence-corrected chi connectivity index (χ3v) is 4.53. The highest BCUT2D eigenvalue weighted by molar-refractivity contribution is 5.91. The number of ether oxygens (including phenoxy) is 2. The van der Waals surface area contributed by atoms with E-state index in [0.29, 0.717) is 29.3 Å². The molecule has 1 aliphatic carbocycles. The molecule has 26 heavy (non-hydrogen) atoms. The molecular weight excluding hydrogens is 330 g/mol. The maximum atomic E-state index is 12.3. The molecule has 6 nitrogen and oxygen atoms in total. The highest BCUT2D eigenvalue weighted by Crippen LogP contribution is 2.40. The van der Waals surface area contributed by atoms with Crippen molar-refractivity contribution in [2.75, 3.05) is 19.0 Å². The second-order valence-corrected chi connectivity index (χ2v) is 6.49. The van der Waals surface area contributed by atoms with E-state index in [-0.39, 0.29) is 12.5 Å². The van der Waals surface area contributed by atoms with E-state index in [4.69, 9.17) is 9.47 Å². The van der Waals surface area contributed by atoms with E-state index in [1.807, 2.05) is 42.0 Å². The Hall–Kier alpha value is -2.76. The number of methoxy groups -OCH3 is 1. The van der Waals surface area contributed by atoms with Crippen LogP contribution in [0.4, 0.5) is 5.82 Å². The topological polar surface area (TPSA) is 65.4 Å². The van der Waals surface area contributed by atoms with Crippen LogP contribution in [0.3, 0.4) is 0 Å². The summed E-state index contributed by atoms with van der Waals surface area (Å²) in [6.45, 7) is 3.99. The van der Waals surface area contributed by atoms with Crippen LogP contribution in [0.15, 0.2) is 36.5 Å². The molecule has 0 radical (unpaired) electrons. The van der Waals surface area contributed by atoms with E-state index in [0.717, 1.165) is 5.56 Å². The average Bonchev–Trinajstić information content (AvgIpc) is 3.40. The maximum Gasteiger partial charge on any atom is 0.263 e. The van der Waals surface area contributed by atoms with E-state index in [9.17, 15) is 4.79 Å². The first-order chi connectivity index (χ1) is 12.6. The number of carbonyl (C=O) groups is 1. The van der Waals surface area contributed by atoms with Gasteiger partial charge in [0, 0.05) is 6.07 Å². The summed E-state index contributed by atoms with van der Waals surface area (Å²) in [5, 5.41) is 7.22. The summed E-state index contributed by atoms with van der Waals surface area (Å²) >= 11 is 0. The Bertz CT molecular complexity index is 793. The van der Waals surface area contributed by atoms with E-state index >= 15 is 0 Å². The number of rotatable bonds is 8. The molecule has 1 N–H and O–H groups in total. The van der Waals surface area contributed by atoms with Gasteiger partial charge in [0.25, 0.3) is 5.91 Å². The van der Waals surface area contributed by atoms with Gasteiger partial charge in [0.15, 0.2) is 18.1 Å². The van der Waals surface area contributed by atoms with Crippen LogP contribution >= 0.6 is 0 Å². The van der Waals surface area contributed by atoms with Crippen LogP contribution in [0.1, 0.15) is 38.3 Å². The lowest BCUT2D eigenvalue weighted by Gasteiger charge is -2.16. The predicted molar refractivity (Wildman–Crippen MR) is 101 cm³/mol. The van der Waals surface area contributed by atoms with Crippen molar-refractivity contribution in [1.29, 1.82) is 0 Å². The Kier molecular flexibility index (Phi) is 5.61. The first-order valence-corrected chi connectivity index (χ1v) is 8.89.